The number of rotatable bonds is 3. The van der Waals surface area contributed by atoms with Crippen LogP contribution in [-0.2, 0) is 4.74 Å². The molecule has 1 aliphatic rings. The van der Waals surface area contributed by atoms with Gasteiger partial charge in [-0.05, 0) is 49.1 Å². The number of H-pyrrole nitrogens is 1. The largest absolute Gasteiger partial charge is 0.380 e. The predicted molar refractivity (Wildman–Crippen MR) is 111 cm³/mol. The number of ether oxygens (including phenoxy) is 1. The van der Waals surface area contributed by atoms with Gasteiger partial charge in [0.15, 0.2) is 0 Å². The van der Waals surface area contributed by atoms with E-state index in [0.29, 0.717) is 17.7 Å². The fourth-order valence-electron chi connectivity index (χ4n) is 4.03. The van der Waals surface area contributed by atoms with Gasteiger partial charge < -0.3 is 14.6 Å². The van der Waals surface area contributed by atoms with Gasteiger partial charge in [-0.2, -0.15) is 0 Å². The normalized spacial score (nSPS) is 17.1. The van der Waals surface area contributed by atoms with Crippen molar-refractivity contribution in [1.82, 2.24) is 9.88 Å². The molecule has 1 atom stereocenters. The van der Waals surface area contributed by atoms with E-state index in [0.717, 1.165) is 41.4 Å². The summed E-state index contributed by atoms with van der Waals surface area (Å²) in [6, 6.07) is 15.1. The summed E-state index contributed by atoms with van der Waals surface area (Å²) in [5.41, 5.74) is 3.75. The van der Waals surface area contributed by atoms with Crippen molar-refractivity contribution in [3.8, 4) is 11.1 Å². The SMILES string of the molecule is CO[C@H]1CCCN(C(=O)c2ccc(-c3c(C)c4ccccc4[nH]c3=O)cc2)C1. The number of aromatic amines is 1. The molecule has 144 valence electrons. The second-order valence-electron chi connectivity index (χ2n) is 7.33. The number of nitrogens with one attached hydrogen (secondary N) is 1. The minimum atomic E-state index is -0.116. The molecule has 1 aliphatic heterocycles. The summed E-state index contributed by atoms with van der Waals surface area (Å²) < 4.78 is 5.41. The molecule has 1 N–H and O–H groups in total. The molecule has 0 spiro atoms. The lowest BCUT2D eigenvalue weighted by atomic mass is 9.97. The number of hydrogen-bond donors (Lipinski definition) is 1. The number of hydrogen-bond acceptors (Lipinski definition) is 3. The van der Waals surface area contributed by atoms with Gasteiger partial charge in [0.25, 0.3) is 11.5 Å². The fourth-order valence-corrected chi connectivity index (χ4v) is 4.03. The highest BCUT2D eigenvalue weighted by Crippen LogP contribution is 2.26. The van der Waals surface area contributed by atoms with Crippen LogP contribution in [0.5, 0.6) is 0 Å². The summed E-state index contributed by atoms with van der Waals surface area (Å²) in [7, 11) is 1.69. The lowest BCUT2D eigenvalue weighted by Crippen LogP contribution is -2.42. The van der Waals surface area contributed by atoms with Gasteiger partial charge in [-0.3, -0.25) is 9.59 Å². The van der Waals surface area contributed by atoms with Gasteiger partial charge in [0.1, 0.15) is 0 Å². The quantitative estimate of drug-likeness (QED) is 0.757. The van der Waals surface area contributed by atoms with Crippen molar-refractivity contribution in [3.63, 3.8) is 0 Å². The first-order chi connectivity index (χ1) is 13.6. The van der Waals surface area contributed by atoms with Crippen LogP contribution >= 0.6 is 0 Å². The number of benzene rings is 2. The summed E-state index contributed by atoms with van der Waals surface area (Å²) >= 11 is 0. The summed E-state index contributed by atoms with van der Waals surface area (Å²) in [6.07, 6.45) is 2.05. The molecule has 4 rings (SSSR count). The zero-order chi connectivity index (χ0) is 19.7. The minimum absolute atomic E-state index is 0.0115. The van der Waals surface area contributed by atoms with Crippen molar-refractivity contribution in [2.45, 2.75) is 25.9 Å². The van der Waals surface area contributed by atoms with E-state index in [-0.39, 0.29) is 17.6 Å². The third-order valence-electron chi connectivity index (χ3n) is 5.60. The molecule has 28 heavy (non-hydrogen) atoms. The molecule has 5 heteroatoms. The molecule has 1 aromatic heterocycles. The average Bonchev–Trinajstić information content (AvgIpc) is 2.74. The first-order valence-electron chi connectivity index (χ1n) is 9.62. The number of fused-ring (bicyclic) bond motifs is 1. The molecule has 0 bridgehead atoms. The highest BCUT2D eigenvalue weighted by Gasteiger charge is 2.24. The number of carbonyl (C=O) groups is 1. The second-order valence-corrected chi connectivity index (χ2v) is 7.33. The first-order valence-corrected chi connectivity index (χ1v) is 9.62. The average molecular weight is 376 g/mol. The highest BCUT2D eigenvalue weighted by molar-refractivity contribution is 5.95. The second kappa shape index (κ2) is 7.60. The van der Waals surface area contributed by atoms with Gasteiger partial charge in [-0.1, -0.05) is 30.3 Å². The van der Waals surface area contributed by atoms with Gasteiger partial charge in [0.05, 0.1) is 11.7 Å². The van der Waals surface area contributed by atoms with Gasteiger partial charge in [-0.25, -0.2) is 0 Å². The van der Waals surface area contributed by atoms with E-state index in [1.807, 2.05) is 60.4 Å². The lowest BCUT2D eigenvalue weighted by Gasteiger charge is -2.32. The molecule has 2 aromatic carbocycles. The Bertz CT molecular complexity index is 1070. The molecule has 1 saturated heterocycles. The molecule has 5 nitrogen and oxygen atoms in total. The molecule has 3 aromatic rings. The number of piperidine rings is 1. The molecule has 1 fully saturated rings. The van der Waals surface area contributed by atoms with Crippen LogP contribution in [0.25, 0.3) is 22.0 Å². The third-order valence-corrected chi connectivity index (χ3v) is 5.60. The van der Waals surface area contributed by atoms with E-state index in [4.69, 9.17) is 4.74 Å². The van der Waals surface area contributed by atoms with E-state index >= 15 is 0 Å². The Morgan fingerprint density at radius 3 is 2.64 bits per heavy atom. The number of carbonyl (C=O) groups excluding carboxylic acids is 1. The molecule has 0 saturated carbocycles. The van der Waals surface area contributed by atoms with Crippen LogP contribution in [0, 0.1) is 6.92 Å². The molecule has 2 heterocycles. The number of pyridine rings is 1. The lowest BCUT2D eigenvalue weighted by molar-refractivity contribution is 0.0269. The van der Waals surface area contributed by atoms with Crippen molar-refractivity contribution in [2.75, 3.05) is 20.2 Å². The van der Waals surface area contributed by atoms with Crippen LogP contribution in [0.4, 0.5) is 0 Å². The molecule has 0 unspecified atom stereocenters. The number of nitrogens with zero attached hydrogens (tertiary/aromatic N) is 1. The zero-order valence-corrected chi connectivity index (χ0v) is 16.2. The standard InChI is InChI=1S/C23H24N2O3/c1-15-19-7-3-4-8-20(19)24-22(26)21(15)16-9-11-17(12-10-16)23(27)25-13-5-6-18(14-25)28-2/h3-4,7-12,18H,5-6,13-14H2,1-2H3,(H,24,26)/t18-/m0/s1. The van der Waals surface area contributed by atoms with Crippen molar-refractivity contribution >= 4 is 16.8 Å². The van der Waals surface area contributed by atoms with E-state index < -0.39 is 0 Å². The molecular weight excluding hydrogens is 352 g/mol. The zero-order valence-electron chi connectivity index (χ0n) is 16.2. The maximum Gasteiger partial charge on any atom is 0.256 e. The fraction of sp³-hybridized carbons (Fsp3) is 0.304. The predicted octanol–water partition coefficient (Wildman–Crippen LogP) is 3.75. The van der Waals surface area contributed by atoms with Crippen LogP contribution in [0.2, 0.25) is 0 Å². The molecule has 0 aliphatic carbocycles. The van der Waals surface area contributed by atoms with E-state index in [2.05, 4.69) is 4.98 Å². The Kier molecular flexibility index (Phi) is 5.01. The number of amides is 1. The highest BCUT2D eigenvalue weighted by atomic mass is 16.5. The van der Waals surface area contributed by atoms with Gasteiger partial charge in [-0.15, -0.1) is 0 Å². The number of aromatic nitrogens is 1. The Morgan fingerprint density at radius 1 is 1.14 bits per heavy atom. The van der Waals surface area contributed by atoms with Crippen LogP contribution < -0.4 is 5.56 Å². The third kappa shape index (κ3) is 3.34. The number of aryl methyl sites for hydroxylation is 1. The Morgan fingerprint density at radius 2 is 1.89 bits per heavy atom. The van der Waals surface area contributed by atoms with Crippen LogP contribution in [0.15, 0.2) is 53.3 Å². The van der Waals surface area contributed by atoms with Crippen molar-refractivity contribution in [3.05, 3.63) is 70.0 Å². The first kappa shape index (κ1) is 18.4. The maximum absolute atomic E-state index is 12.8. The van der Waals surface area contributed by atoms with Crippen molar-refractivity contribution in [1.29, 1.82) is 0 Å². The number of para-hydroxylation sites is 1. The minimum Gasteiger partial charge on any atom is -0.380 e. The monoisotopic (exact) mass is 376 g/mol. The van der Waals surface area contributed by atoms with Crippen molar-refractivity contribution < 1.29 is 9.53 Å². The van der Waals surface area contributed by atoms with Crippen LogP contribution in [-0.4, -0.2) is 42.1 Å². The molecule has 0 radical (unpaired) electrons. The Labute approximate surface area is 163 Å². The van der Waals surface area contributed by atoms with E-state index in [1.54, 1.807) is 7.11 Å². The van der Waals surface area contributed by atoms with Crippen molar-refractivity contribution in [2.24, 2.45) is 0 Å². The summed E-state index contributed by atoms with van der Waals surface area (Å²) in [5, 5.41) is 1.02. The van der Waals surface area contributed by atoms with Crippen LogP contribution in [0.1, 0.15) is 28.8 Å². The van der Waals surface area contributed by atoms with Gasteiger partial charge in [0.2, 0.25) is 0 Å². The number of likely N-dealkylation sites (tertiary alicyclic amines) is 1. The summed E-state index contributed by atoms with van der Waals surface area (Å²) in [4.78, 5) is 30.3. The smallest absolute Gasteiger partial charge is 0.256 e. The van der Waals surface area contributed by atoms with E-state index in [1.165, 1.54) is 0 Å². The summed E-state index contributed by atoms with van der Waals surface area (Å²) in [6.45, 7) is 3.34. The maximum atomic E-state index is 12.8. The van der Waals surface area contributed by atoms with E-state index in [9.17, 15) is 9.59 Å². The Hall–Kier alpha value is -2.92. The topological polar surface area (TPSA) is 62.4 Å². The van der Waals surface area contributed by atoms with Crippen LogP contribution in [0.3, 0.4) is 0 Å². The molecule has 1 amide bonds. The number of methoxy groups -OCH3 is 1. The van der Waals surface area contributed by atoms with Gasteiger partial charge >= 0.3 is 0 Å². The Balaban J connectivity index is 1.64. The molecular formula is C23H24N2O3. The summed E-state index contributed by atoms with van der Waals surface area (Å²) in [5.74, 6) is 0.0115. The van der Waals surface area contributed by atoms with Gasteiger partial charge in [0, 0.05) is 36.7 Å².